The van der Waals surface area contributed by atoms with E-state index in [1.807, 2.05) is 26.0 Å². The van der Waals surface area contributed by atoms with Crippen molar-refractivity contribution in [3.8, 4) is 0 Å². The van der Waals surface area contributed by atoms with Crippen molar-refractivity contribution in [1.82, 2.24) is 0 Å². The first-order valence-corrected chi connectivity index (χ1v) is 9.57. The Bertz CT molecular complexity index is 1170. The number of halogens is 1. The molecule has 0 spiro atoms. The molecule has 1 saturated heterocycles. The third kappa shape index (κ3) is 3.28. The number of hydrogen-bond donors (Lipinski definition) is 1. The Morgan fingerprint density at radius 2 is 1.57 bits per heavy atom. The maximum absolute atomic E-state index is 13.4. The molecule has 150 valence electrons. The number of aliphatic hydroxyl groups is 1. The molecule has 1 N–H and O–H groups in total. The second kappa shape index (κ2) is 7.59. The number of carbonyl (C=O) groups excluding carboxylic acids is 2. The minimum atomic E-state index is -0.821. The number of anilines is 1. The summed E-state index contributed by atoms with van der Waals surface area (Å²) >= 11 is 0. The predicted octanol–water partition coefficient (Wildman–Crippen LogP) is 5.07. The highest BCUT2D eigenvalue weighted by molar-refractivity contribution is 6.51. The Labute approximate surface area is 173 Å². The average Bonchev–Trinajstić information content (AvgIpc) is 3.02. The smallest absolute Gasteiger partial charge is 0.300 e. The summed E-state index contributed by atoms with van der Waals surface area (Å²) in [4.78, 5) is 27.3. The highest BCUT2D eigenvalue weighted by Crippen LogP contribution is 2.42. The quantitative estimate of drug-likeness (QED) is 0.379. The van der Waals surface area contributed by atoms with Gasteiger partial charge in [-0.15, -0.1) is 0 Å². The molecule has 5 heteroatoms. The number of nitrogens with zero attached hydrogens (tertiary/aromatic N) is 1. The lowest BCUT2D eigenvalue weighted by molar-refractivity contribution is -0.132. The van der Waals surface area contributed by atoms with Crippen LogP contribution in [-0.4, -0.2) is 16.8 Å². The molecule has 3 aromatic rings. The van der Waals surface area contributed by atoms with Gasteiger partial charge in [0.05, 0.1) is 11.6 Å². The zero-order chi connectivity index (χ0) is 21.4. The Kier molecular flexibility index (Phi) is 4.96. The van der Waals surface area contributed by atoms with Gasteiger partial charge >= 0.3 is 0 Å². The van der Waals surface area contributed by atoms with Crippen LogP contribution >= 0.6 is 0 Å². The van der Waals surface area contributed by atoms with Crippen LogP contribution in [0.15, 0.2) is 78.4 Å². The fourth-order valence-electron chi connectivity index (χ4n) is 3.70. The van der Waals surface area contributed by atoms with Gasteiger partial charge in [-0.1, -0.05) is 42.5 Å². The third-order valence-corrected chi connectivity index (χ3v) is 5.44. The van der Waals surface area contributed by atoms with Crippen LogP contribution in [0.2, 0.25) is 0 Å². The number of hydrogen-bond acceptors (Lipinski definition) is 3. The lowest BCUT2D eigenvalue weighted by Gasteiger charge is -2.25. The Morgan fingerprint density at radius 3 is 2.20 bits per heavy atom. The third-order valence-electron chi connectivity index (χ3n) is 5.44. The molecule has 1 amide bonds. The lowest BCUT2D eigenvalue weighted by Crippen LogP contribution is -2.29. The molecule has 30 heavy (non-hydrogen) atoms. The van der Waals surface area contributed by atoms with E-state index in [-0.39, 0.29) is 11.3 Å². The predicted molar refractivity (Wildman–Crippen MR) is 114 cm³/mol. The average molecular weight is 401 g/mol. The van der Waals surface area contributed by atoms with Crippen LogP contribution in [0.4, 0.5) is 10.1 Å². The summed E-state index contributed by atoms with van der Waals surface area (Å²) in [6.45, 7) is 3.87. The summed E-state index contributed by atoms with van der Waals surface area (Å²) in [5, 5.41) is 11.1. The standard InChI is InChI=1S/C25H20FNO3/c1-15-8-9-18(14-16(15)2)23(28)21-22(17-6-4-3-5-7-17)27(25(30)24(21)29)20-12-10-19(26)11-13-20/h3-14,22,28H,1-2H3/b23-21-. The van der Waals surface area contributed by atoms with Crippen molar-refractivity contribution in [2.24, 2.45) is 0 Å². The summed E-state index contributed by atoms with van der Waals surface area (Å²) in [7, 11) is 0. The molecule has 1 unspecified atom stereocenters. The van der Waals surface area contributed by atoms with Crippen LogP contribution in [0.3, 0.4) is 0 Å². The van der Waals surface area contributed by atoms with Crippen molar-refractivity contribution >= 4 is 23.1 Å². The van der Waals surface area contributed by atoms with Crippen molar-refractivity contribution in [2.75, 3.05) is 4.90 Å². The molecule has 0 radical (unpaired) electrons. The molecule has 1 fully saturated rings. The maximum atomic E-state index is 13.4. The monoisotopic (exact) mass is 401 g/mol. The van der Waals surface area contributed by atoms with Gasteiger partial charge in [0.1, 0.15) is 11.6 Å². The highest BCUT2D eigenvalue weighted by Gasteiger charge is 2.46. The Morgan fingerprint density at radius 1 is 0.900 bits per heavy atom. The number of aryl methyl sites for hydroxylation is 2. The van der Waals surface area contributed by atoms with E-state index >= 15 is 0 Å². The fourth-order valence-corrected chi connectivity index (χ4v) is 3.70. The van der Waals surface area contributed by atoms with E-state index in [0.29, 0.717) is 16.8 Å². The number of Topliss-reactive ketones (excluding diaryl/α,β-unsaturated/α-hetero) is 1. The summed E-state index contributed by atoms with van der Waals surface area (Å²) in [6.07, 6.45) is 0. The van der Waals surface area contributed by atoms with Crippen molar-refractivity contribution in [3.05, 3.63) is 106 Å². The molecule has 4 rings (SSSR count). The molecule has 0 saturated carbocycles. The molecule has 3 aromatic carbocycles. The first-order valence-electron chi connectivity index (χ1n) is 9.57. The van der Waals surface area contributed by atoms with Crippen LogP contribution in [0, 0.1) is 19.7 Å². The van der Waals surface area contributed by atoms with E-state index < -0.39 is 23.5 Å². The fraction of sp³-hybridized carbons (Fsp3) is 0.120. The first-order chi connectivity index (χ1) is 14.4. The van der Waals surface area contributed by atoms with Gasteiger partial charge in [-0.25, -0.2) is 4.39 Å². The van der Waals surface area contributed by atoms with Gasteiger partial charge in [0.2, 0.25) is 0 Å². The van der Waals surface area contributed by atoms with Crippen molar-refractivity contribution in [3.63, 3.8) is 0 Å². The van der Waals surface area contributed by atoms with Gasteiger partial charge in [-0.05, 0) is 60.9 Å². The van der Waals surface area contributed by atoms with Crippen LogP contribution in [0.5, 0.6) is 0 Å². The van der Waals surface area contributed by atoms with E-state index in [4.69, 9.17) is 0 Å². The van der Waals surface area contributed by atoms with Gasteiger partial charge < -0.3 is 5.11 Å². The van der Waals surface area contributed by atoms with E-state index in [9.17, 15) is 19.1 Å². The zero-order valence-electron chi connectivity index (χ0n) is 16.6. The van der Waals surface area contributed by atoms with E-state index in [2.05, 4.69) is 0 Å². The summed E-state index contributed by atoms with van der Waals surface area (Å²) in [5.74, 6) is -2.21. The number of rotatable bonds is 3. The number of amides is 1. The van der Waals surface area contributed by atoms with Crippen molar-refractivity contribution in [2.45, 2.75) is 19.9 Å². The van der Waals surface area contributed by atoms with Crippen molar-refractivity contribution in [1.29, 1.82) is 0 Å². The van der Waals surface area contributed by atoms with E-state index in [1.54, 1.807) is 36.4 Å². The topological polar surface area (TPSA) is 57.6 Å². The minimum absolute atomic E-state index is 0.0128. The van der Waals surface area contributed by atoms with Gasteiger partial charge in [0.15, 0.2) is 0 Å². The maximum Gasteiger partial charge on any atom is 0.300 e. The SMILES string of the molecule is Cc1ccc(/C(O)=C2/C(=O)C(=O)N(c3ccc(F)cc3)C2c2ccccc2)cc1C. The summed E-state index contributed by atoms with van der Waals surface area (Å²) < 4.78 is 13.4. The molecular weight excluding hydrogens is 381 g/mol. The molecule has 0 bridgehead atoms. The van der Waals surface area contributed by atoms with Crippen LogP contribution in [-0.2, 0) is 9.59 Å². The molecule has 0 aromatic heterocycles. The van der Waals surface area contributed by atoms with Gasteiger partial charge in [0.25, 0.3) is 11.7 Å². The van der Waals surface area contributed by atoms with Crippen molar-refractivity contribution < 1.29 is 19.1 Å². The highest BCUT2D eigenvalue weighted by atomic mass is 19.1. The van der Waals surface area contributed by atoms with E-state index in [1.165, 1.54) is 29.2 Å². The molecule has 1 heterocycles. The second-order valence-corrected chi connectivity index (χ2v) is 7.36. The summed E-state index contributed by atoms with van der Waals surface area (Å²) in [6, 6.07) is 18.9. The number of aliphatic hydroxyl groups excluding tert-OH is 1. The van der Waals surface area contributed by atoms with Gasteiger partial charge in [0, 0.05) is 11.3 Å². The minimum Gasteiger partial charge on any atom is -0.507 e. The normalized spacial score (nSPS) is 18.1. The number of ketones is 1. The Balaban J connectivity index is 1.94. The number of benzene rings is 3. The summed E-state index contributed by atoms with van der Waals surface area (Å²) in [5.41, 5.74) is 3.55. The Hall–Kier alpha value is -3.73. The molecule has 1 atom stereocenters. The molecule has 1 aliphatic rings. The first kappa shape index (κ1) is 19.6. The van der Waals surface area contributed by atoms with Crippen LogP contribution in [0.25, 0.3) is 5.76 Å². The van der Waals surface area contributed by atoms with Gasteiger partial charge in [-0.3, -0.25) is 14.5 Å². The van der Waals surface area contributed by atoms with Crippen LogP contribution in [0.1, 0.15) is 28.3 Å². The molecule has 4 nitrogen and oxygen atoms in total. The van der Waals surface area contributed by atoms with Gasteiger partial charge in [-0.2, -0.15) is 0 Å². The van der Waals surface area contributed by atoms with Crippen LogP contribution < -0.4 is 4.90 Å². The lowest BCUT2D eigenvalue weighted by atomic mass is 9.94. The molecule has 0 aliphatic carbocycles. The van der Waals surface area contributed by atoms with E-state index in [0.717, 1.165) is 11.1 Å². The molecular formula is C25H20FNO3. The largest absolute Gasteiger partial charge is 0.507 e. The molecule has 1 aliphatic heterocycles. The second-order valence-electron chi connectivity index (χ2n) is 7.36. The number of carbonyl (C=O) groups is 2. The zero-order valence-corrected chi connectivity index (χ0v) is 16.6.